The van der Waals surface area contributed by atoms with Crippen molar-refractivity contribution >= 4 is 23.3 Å². The largest absolute Gasteiger partial charge is 0.483 e. The molecule has 6 heteroatoms. The van der Waals surface area contributed by atoms with Crippen molar-refractivity contribution in [3.63, 3.8) is 0 Å². The molecule has 3 rings (SSSR count). The summed E-state index contributed by atoms with van der Waals surface area (Å²) in [5.74, 6) is -0.379. The molecule has 1 atom stereocenters. The van der Waals surface area contributed by atoms with Crippen LogP contribution in [0.15, 0.2) is 78.9 Å². The first-order valence-corrected chi connectivity index (χ1v) is 9.92. The van der Waals surface area contributed by atoms with Crippen molar-refractivity contribution in [2.24, 2.45) is 0 Å². The molecular weight excluding hydrogens is 392 g/mol. The van der Waals surface area contributed by atoms with E-state index in [2.05, 4.69) is 10.6 Å². The Morgan fingerprint density at radius 1 is 0.871 bits per heavy atom. The number of ketones is 1. The number of hydrogen-bond donors (Lipinski definition) is 2. The van der Waals surface area contributed by atoms with Gasteiger partial charge in [-0.25, -0.2) is 0 Å². The number of benzene rings is 3. The maximum absolute atomic E-state index is 12.8. The van der Waals surface area contributed by atoms with Gasteiger partial charge in [0.05, 0.1) is 11.6 Å². The average molecular weight is 416 g/mol. The zero-order valence-corrected chi connectivity index (χ0v) is 17.4. The zero-order valence-electron chi connectivity index (χ0n) is 17.4. The van der Waals surface area contributed by atoms with E-state index in [0.717, 1.165) is 5.56 Å². The second-order valence-electron chi connectivity index (χ2n) is 7.07. The molecule has 158 valence electrons. The van der Waals surface area contributed by atoms with Gasteiger partial charge in [0.25, 0.3) is 11.8 Å². The van der Waals surface area contributed by atoms with Crippen LogP contribution in [0.2, 0.25) is 0 Å². The fourth-order valence-electron chi connectivity index (χ4n) is 3.01. The minimum absolute atomic E-state index is 0.0438. The quantitative estimate of drug-likeness (QED) is 0.533. The van der Waals surface area contributed by atoms with Gasteiger partial charge in [-0.05, 0) is 55.8 Å². The van der Waals surface area contributed by atoms with Gasteiger partial charge >= 0.3 is 0 Å². The number of anilines is 1. The summed E-state index contributed by atoms with van der Waals surface area (Å²) in [5, 5.41) is 5.65. The smallest absolute Gasteiger partial charge is 0.262 e. The summed E-state index contributed by atoms with van der Waals surface area (Å²) in [6.45, 7) is 3.13. The number of para-hydroxylation sites is 1. The highest BCUT2D eigenvalue weighted by molar-refractivity contribution is 5.98. The minimum atomic E-state index is -0.372. The lowest BCUT2D eigenvalue weighted by Crippen LogP contribution is -2.27. The van der Waals surface area contributed by atoms with Crippen LogP contribution in [-0.4, -0.2) is 24.2 Å². The Labute approximate surface area is 181 Å². The van der Waals surface area contributed by atoms with Gasteiger partial charge in [0.1, 0.15) is 5.75 Å². The van der Waals surface area contributed by atoms with E-state index in [1.807, 2.05) is 37.3 Å². The van der Waals surface area contributed by atoms with Gasteiger partial charge in [-0.15, -0.1) is 0 Å². The SMILES string of the molecule is CC(=O)c1ccc(NC(=O)COc2ccccc2C(=O)N[C@@H](C)c2ccccc2)cc1. The molecule has 0 saturated heterocycles. The van der Waals surface area contributed by atoms with E-state index in [4.69, 9.17) is 4.74 Å². The molecule has 0 aliphatic heterocycles. The van der Waals surface area contributed by atoms with E-state index < -0.39 is 0 Å². The van der Waals surface area contributed by atoms with Crippen LogP contribution in [0.5, 0.6) is 5.75 Å². The average Bonchev–Trinajstić information content (AvgIpc) is 2.78. The second kappa shape index (κ2) is 10.2. The van der Waals surface area contributed by atoms with Crippen LogP contribution in [0.3, 0.4) is 0 Å². The maximum atomic E-state index is 12.8. The lowest BCUT2D eigenvalue weighted by Gasteiger charge is -2.16. The van der Waals surface area contributed by atoms with Crippen LogP contribution in [0.4, 0.5) is 5.69 Å². The molecule has 0 heterocycles. The molecule has 3 aromatic rings. The molecule has 0 unspecified atom stereocenters. The summed E-state index contributed by atoms with van der Waals surface area (Å²) in [4.78, 5) is 36.3. The van der Waals surface area contributed by atoms with Crippen molar-refractivity contribution in [2.75, 3.05) is 11.9 Å². The van der Waals surface area contributed by atoms with Crippen molar-refractivity contribution in [3.05, 3.63) is 95.6 Å². The van der Waals surface area contributed by atoms with Crippen molar-refractivity contribution in [2.45, 2.75) is 19.9 Å². The molecule has 0 bridgehead atoms. The van der Waals surface area contributed by atoms with Crippen LogP contribution in [-0.2, 0) is 4.79 Å². The molecule has 6 nitrogen and oxygen atoms in total. The number of amides is 2. The summed E-state index contributed by atoms with van der Waals surface area (Å²) in [6.07, 6.45) is 0. The topological polar surface area (TPSA) is 84.5 Å². The van der Waals surface area contributed by atoms with Crippen LogP contribution < -0.4 is 15.4 Å². The first-order valence-electron chi connectivity index (χ1n) is 9.92. The highest BCUT2D eigenvalue weighted by Crippen LogP contribution is 2.20. The third kappa shape index (κ3) is 6.02. The normalized spacial score (nSPS) is 11.3. The van der Waals surface area contributed by atoms with Gasteiger partial charge in [0.15, 0.2) is 12.4 Å². The minimum Gasteiger partial charge on any atom is -0.483 e. The van der Waals surface area contributed by atoms with Crippen LogP contribution in [0.25, 0.3) is 0 Å². The molecule has 2 amide bonds. The lowest BCUT2D eigenvalue weighted by atomic mass is 10.1. The molecule has 0 fully saturated rings. The Kier molecular flexibility index (Phi) is 7.17. The van der Waals surface area contributed by atoms with Gasteiger partial charge in [0, 0.05) is 11.3 Å². The zero-order chi connectivity index (χ0) is 22.2. The molecular formula is C25H24N2O4. The molecule has 0 saturated carbocycles. The number of nitrogens with one attached hydrogen (secondary N) is 2. The summed E-state index contributed by atoms with van der Waals surface area (Å²) in [6, 6.07) is 22.9. The fourth-order valence-corrected chi connectivity index (χ4v) is 3.01. The van der Waals surface area contributed by atoms with E-state index in [-0.39, 0.29) is 30.2 Å². The first-order chi connectivity index (χ1) is 14.9. The number of carbonyl (C=O) groups is 3. The third-order valence-electron chi connectivity index (χ3n) is 4.71. The number of carbonyl (C=O) groups excluding carboxylic acids is 3. The van der Waals surface area contributed by atoms with Gasteiger partial charge in [-0.2, -0.15) is 0 Å². The Morgan fingerprint density at radius 3 is 2.19 bits per heavy atom. The Morgan fingerprint density at radius 2 is 1.52 bits per heavy atom. The number of Topliss-reactive ketones (excluding diaryl/α,β-unsaturated/α-hetero) is 1. The summed E-state index contributed by atoms with van der Waals surface area (Å²) in [7, 11) is 0. The van der Waals surface area contributed by atoms with Crippen LogP contribution >= 0.6 is 0 Å². The highest BCUT2D eigenvalue weighted by Gasteiger charge is 2.16. The molecule has 31 heavy (non-hydrogen) atoms. The van der Waals surface area contributed by atoms with E-state index in [1.54, 1.807) is 48.5 Å². The predicted molar refractivity (Wildman–Crippen MR) is 119 cm³/mol. The van der Waals surface area contributed by atoms with E-state index in [9.17, 15) is 14.4 Å². The second-order valence-corrected chi connectivity index (χ2v) is 7.07. The molecule has 0 radical (unpaired) electrons. The molecule has 0 aliphatic rings. The highest BCUT2D eigenvalue weighted by atomic mass is 16.5. The van der Waals surface area contributed by atoms with Gasteiger partial charge in [0.2, 0.25) is 0 Å². The number of ether oxygens (including phenoxy) is 1. The number of rotatable bonds is 8. The van der Waals surface area contributed by atoms with Gasteiger partial charge < -0.3 is 15.4 Å². The van der Waals surface area contributed by atoms with Crippen molar-refractivity contribution in [1.29, 1.82) is 0 Å². The molecule has 2 N–H and O–H groups in total. The van der Waals surface area contributed by atoms with E-state index in [1.165, 1.54) is 6.92 Å². The predicted octanol–water partition coefficient (Wildman–Crippen LogP) is 4.40. The fraction of sp³-hybridized carbons (Fsp3) is 0.160. The summed E-state index contributed by atoms with van der Waals surface area (Å²) < 4.78 is 5.61. The monoisotopic (exact) mass is 416 g/mol. The van der Waals surface area contributed by atoms with Crippen LogP contribution in [0, 0.1) is 0 Å². The summed E-state index contributed by atoms with van der Waals surface area (Å²) >= 11 is 0. The number of hydrogen-bond acceptors (Lipinski definition) is 4. The third-order valence-corrected chi connectivity index (χ3v) is 4.71. The van der Waals surface area contributed by atoms with Gasteiger partial charge in [-0.3, -0.25) is 14.4 Å². The Hall–Kier alpha value is -3.93. The molecule has 3 aromatic carbocycles. The Balaban J connectivity index is 1.60. The van der Waals surface area contributed by atoms with E-state index in [0.29, 0.717) is 22.6 Å². The van der Waals surface area contributed by atoms with E-state index >= 15 is 0 Å². The maximum Gasteiger partial charge on any atom is 0.262 e. The summed E-state index contributed by atoms with van der Waals surface area (Å²) in [5.41, 5.74) is 2.47. The molecule has 0 spiro atoms. The van der Waals surface area contributed by atoms with Crippen molar-refractivity contribution in [1.82, 2.24) is 5.32 Å². The van der Waals surface area contributed by atoms with Crippen LogP contribution in [0.1, 0.15) is 46.2 Å². The van der Waals surface area contributed by atoms with Crippen molar-refractivity contribution in [3.8, 4) is 5.75 Å². The lowest BCUT2D eigenvalue weighted by molar-refractivity contribution is -0.118. The molecule has 0 aromatic heterocycles. The first kappa shape index (κ1) is 21.8. The van der Waals surface area contributed by atoms with Crippen molar-refractivity contribution < 1.29 is 19.1 Å². The van der Waals surface area contributed by atoms with Gasteiger partial charge in [-0.1, -0.05) is 42.5 Å². The standard InChI is InChI=1S/C25H24N2O4/c1-17(19-8-4-3-5-9-19)26-25(30)22-10-6-7-11-23(22)31-16-24(29)27-21-14-12-20(13-15-21)18(2)28/h3-15,17H,16H2,1-2H3,(H,26,30)(H,27,29)/t17-/m0/s1. The molecule has 0 aliphatic carbocycles. The Bertz CT molecular complexity index is 1060.